The molecule has 128 valence electrons. The summed E-state index contributed by atoms with van der Waals surface area (Å²) in [5.74, 6) is 3.58. The minimum Gasteiger partial charge on any atom is -0.359 e. The molecule has 24 heavy (non-hydrogen) atoms. The van der Waals surface area contributed by atoms with Crippen LogP contribution in [0.1, 0.15) is 48.8 Å². The Kier molecular flexibility index (Phi) is 3.90. The van der Waals surface area contributed by atoms with Gasteiger partial charge in [-0.1, -0.05) is 0 Å². The van der Waals surface area contributed by atoms with Gasteiger partial charge in [0.2, 0.25) is 5.95 Å². The molecule has 1 saturated carbocycles. The molecule has 0 aromatic carbocycles. The van der Waals surface area contributed by atoms with Gasteiger partial charge in [0, 0.05) is 39.1 Å². The van der Waals surface area contributed by atoms with Gasteiger partial charge in [-0.15, -0.1) is 0 Å². The molecule has 0 saturated heterocycles. The third-order valence-corrected chi connectivity index (χ3v) is 5.09. The molecule has 4 rings (SSSR count). The summed E-state index contributed by atoms with van der Waals surface area (Å²) in [7, 11) is 6.08. The smallest absolute Gasteiger partial charge is 0.227 e. The number of nitrogens with one attached hydrogen (secondary N) is 1. The molecule has 0 unspecified atom stereocenters. The van der Waals surface area contributed by atoms with Crippen molar-refractivity contribution in [2.45, 2.75) is 44.6 Å². The van der Waals surface area contributed by atoms with Crippen molar-refractivity contribution in [1.82, 2.24) is 19.5 Å². The number of nitrogens with zero attached hydrogens (tertiary/aromatic N) is 5. The first-order chi connectivity index (χ1) is 11.6. The highest BCUT2D eigenvalue weighted by molar-refractivity contribution is 5.53. The van der Waals surface area contributed by atoms with Gasteiger partial charge in [-0.2, -0.15) is 4.98 Å². The van der Waals surface area contributed by atoms with Gasteiger partial charge in [-0.05, 0) is 44.4 Å². The SMILES string of the molecule is CN(C)c1nc2c(c(N[C@@H](c3nccn3C)C3CC3)n1)CCCC2. The van der Waals surface area contributed by atoms with Crippen molar-refractivity contribution in [3.63, 3.8) is 0 Å². The zero-order chi connectivity index (χ0) is 16.7. The molecule has 1 atom stereocenters. The standard InChI is InChI=1S/C18H26N6/c1-23(2)18-20-14-7-5-4-6-13(14)16(22-18)21-15(12-8-9-12)17-19-10-11-24(17)3/h10-12,15H,4-9H2,1-3H3,(H,20,21,22)/t15-/m1/s1. The summed E-state index contributed by atoms with van der Waals surface area (Å²) in [5.41, 5.74) is 2.53. The molecule has 0 amide bonds. The van der Waals surface area contributed by atoms with Crippen LogP contribution in [0.5, 0.6) is 0 Å². The Labute approximate surface area is 143 Å². The van der Waals surface area contributed by atoms with E-state index in [-0.39, 0.29) is 6.04 Å². The summed E-state index contributed by atoms with van der Waals surface area (Å²) in [6.45, 7) is 0. The number of aromatic nitrogens is 4. The van der Waals surface area contributed by atoms with E-state index < -0.39 is 0 Å². The maximum atomic E-state index is 4.84. The van der Waals surface area contributed by atoms with Crippen LogP contribution in [0, 0.1) is 5.92 Å². The molecule has 6 heteroatoms. The van der Waals surface area contributed by atoms with Gasteiger partial charge in [0.15, 0.2) is 0 Å². The lowest BCUT2D eigenvalue weighted by Gasteiger charge is -2.25. The van der Waals surface area contributed by atoms with E-state index in [1.807, 2.05) is 31.4 Å². The van der Waals surface area contributed by atoms with Gasteiger partial charge in [-0.3, -0.25) is 0 Å². The molecule has 2 aromatic rings. The Morgan fingerprint density at radius 3 is 2.67 bits per heavy atom. The summed E-state index contributed by atoms with van der Waals surface area (Å²) in [4.78, 5) is 16.2. The predicted molar refractivity (Wildman–Crippen MR) is 95.3 cm³/mol. The highest BCUT2D eigenvalue weighted by Crippen LogP contribution is 2.43. The van der Waals surface area contributed by atoms with E-state index in [4.69, 9.17) is 9.97 Å². The zero-order valence-corrected chi connectivity index (χ0v) is 14.8. The fourth-order valence-corrected chi connectivity index (χ4v) is 3.55. The van der Waals surface area contributed by atoms with E-state index in [1.165, 1.54) is 36.9 Å². The van der Waals surface area contributed by atoms with Gasteiger partial charge < -0.3 is 14.8 Å². The molecule has 0 radical (unpaired) electrons. The third-order valence-electron chi connectivity index (χ3n) is 5.09. The molecule has 1 N–H and O–H groups in total. The summed E-state index contributed by atoms with van der Waals surface area (Å²) in [6, 6.07) is 0.237. The maximum absolute atomic E-state index is 4.84. The number of aryl methyl sites for hydroxylation is 2. The van der Waals surface area contributed by atoms with Crippen molar-refractivity contribution in [2.24, 2.45) is 13.0 Å². The Hall–Kier alpha value is -2.11. The number of hydrogen-bond acceptors (Lipinski definition) is 5. The first-order valence-electron chi connectivity index (χ1n) is 8.94. The summed E-state index contributed by atoms with van der Waals surface area (Å²) in [5, 5.41) is 3.75. The second-order valence-corrected chi connectivity index (χ2v) is 7.25. The minimum atomic E-state index is 0.237. The molecule has 2 aliphatic rings. The average Bonchev–Trinajstić information content (AvgIpc) is 3.33. The quantitative estimate of drug-likeness (QED) is 0.915. The first kappa shape index (κ1) is 15.4. The van der Waals surface area contributed by atoms with Crippen molar-refractivity contribution in [3.8, 4) is 0 Å². The first-order valence-corrected chi connectivity index (χ1v) is 8.94. The molecule has 1 fully saturated rings. The topological polar surface area (TPSA) is 58.9 Å². The molecule has 0 spiro atoms. The van der Waals surface area contributed by atoms with Crippen LogP contribution < -0.4 is 10.2 Å². The Morgan fingerprint density at radius 2 is 2.00 bits per heavy atom. The largest absolute Gasteiger partial charge is 0.359 e. The summed E-state index contributed by atoms with van der Waals surface area (Å²) < 4.78 is 2.12. The van der Waals surface area contributed by atoms with E-state index in [2.05, 4.69) is 21.9 Å². The predicted octanol–water partition coefficient (Wildman–Crippen LogP) is 2.72. The summed E-state index contributed by atoms with van der Waals surface area (Å²) in [6.07, 6.45) is 11.0. The highest BCUT2D eigenvalue weighted by atomic mass is 15.2. The fraction of sp³-hybridized carbons (Fsp3) is 0.611. The molecule has 0 bridgehead atoms. The van der Waals surface area contributed by atoms with Gasteiger partial charge in [0.05, 0.1) is 11.7 Å². The molecule has 2 heterocycles. The monoisotopic (exact) mass is 326 g/mol. The van der Waals surface area contributed by atoms with Crippen LogP contribution in [-0.4, -0.2) is 33.6 Å². The van der Waals surface area contributed by atoms with Crippen LogP contribution in [0.2, 0.25) is 0 Å². The highest BCUT2D eigenvalue weighted by Gasteiger charge is 2.35. The Bertz CT molecular complexity index is 731. The van der Waals surface area contributed by atoms with Crippen LogP contribution >= 0.6 is 0 Å². The van der Waals surface area contributed by atoms with Crippen molar-refractivity contribution in [3.05, 3.63) is 29.5 Å². The zero-order valence-electron chi connectivity index (χ0n) is 14.8. The number of anilines is 2. The van der Waals surface area contributed by atoms with E-state index >= 15 is 0 Å². The van der Waals surface area contributed by atoms with E-state index in [0.29, 0.717) is 5.92 Å². The Morgan fingerprint density at radius 1 is 1.21 bits per heavy atom. The number of hydrogen-bond donors (Lipinski definition) is 1. The lowest BCUT2D eigenvalue weighted by molar-refractivity contribution is 0.598. The second-order valence-electron chi connectivity index (χ2n) is 7.25. The maximum Gasteiger partial charge on any atom is 0.227 e. The van der Waals surface area contributed by atoms with E-state index in [0.717, 1.165) is 30.4 Å². The number of rotatable bonds is 5. The van der Waals surface area contributed by atoms with E-state index in [9.17, 15) is 0 Å². The van der Waals surface area contributed by atoms with Gasteiger partial charge in [0.1, 0.15) is 11.6 Å². The van der Waals surface area contributed by atoms with Crippen LogP contribution in [0.15, 0.2) is 12.4 Å². The van der Waals surface area contributed by atoms with Crippen LogP contribution in [-0.2, 0) is 19.9 Å². The number of fused-ring (bicyclic) bond motifs is 1. The van der Waals surface area contributed by atoms with Crippen LogP contribution in [0.25, 0.3) is 0 Å². The normalized spacial score (nSPS) is 18.1. The van der Waals surface area contributed by atoms with Crippen molar-refractivity contribution >= 4 is 11.8 Å². The molecular weight excluding hydrogens is 300 g/mol. The van der Waals surface area contributed by atoms with Gasteiger partial charge in [0.25, 0.3) is 0 Å². The average molecular weight is 326 g/mol. The van der Waals surface area contributed by atoms with Crippen LogP contribution in [0.3, 0.4) is 0 Å². The molecular formula is C18H26N6. The molecule has 2 aliphatic carbocycles. The van der Waals surface area contributed by atoms with E-state index in [1.54, 1.807) is 0 Å². The van der Waals surface area contributed by atoms with Crippen LogP contribution in [0.4, 0.5) is 11.8 Å². The lowest BCUT2D eigenvalue weighted by Crippen LogP contribution is -2.23. The van der Waals surface area contributed by atoms with Gasteiger partial charge in [-0.25, -0.2) is 9.97 Å². The third kappa shape index (κ3) is 2.85. The minimum absolute atomic E-state index is 0.237. The molecule has 0 aliphatic heterocycles. The van der Waals surface area contributed by atoms with Gasteiger partial charge >= 0.3 is 0 Å². The molecule has 6 nitrogen and oxygen atoms in total. The molecule has 2 aromatic heterocycles. The van der Waals surface area contributed by atoms with Crippen molar-refractivity contribution in [2.75, 3.05) is 24.3 Å². The second kappa shape index (κ2) is 6.07. The van der Waals surface area contributed by atoms with Crippen molar-refractivity contribution in [1.29, 1.82) is 0 Å². The Balaban J connectivity index is 1.72. The lowest BCUT2D eigenvalue weighted by atomic mass is 9.96. The fourth-order valence-electron chi connectivity index (χ4n) is 3.55. The number of imidazole rings is 1. The van der Waals surface area contributed by atoms with Crippen molar-refractivity contribution < 1.29 is 0 Å². The summed E-state index contributed by atoms with van der Waals surface area (Å²) >= 11 is 0.